The van der Waals surface area contributed by atoms with Gasteiger partial charge in [-0.05, 0) is 36.8 Å². The molecule has 29 heavy (non-hydrogen) atoms. The molecule has 8 heteroatoms. The zero-order chi connectivity index (χ0) is 19.8. The Bertz CT molecular complexity index is 1020. The van der Waals surface area contributed by atoms with Crippen LogP contribution >= 0.6 is 0 Å². The minimum absolute atomic E-state index is 0.0882. The van der Waals surface area contributed by atoms with Gasteiger partial charge in [-0.3, -0.25) is 0 Å². The summed E-state index contributed by atoms with van der Waals surface area (Å²) >= 11 is 0. The topological polar surface area (TPSA) is 68.5 Å². The van der Waals surface area contributed by atoms with Crippen molar-refractivity contribution in [1.29, 1.82) is 0 Å². The number of urea groups is 1. The maximum Gasteiger partial charge on any atom is 0.369 e. The summed E-state index contributed by atoms with van der Waals surface area (Å²) in [5, 5.41) is 5.32. The normalized spacial score (nSPS) is 17.4. The Hall–Kier alpha value is -3.10. The highest BCUT2D eigenvalue weighted by atomic mass is 17.1. The molecule has 3 aromatic rings. The fraction of sp³-hybridized carbons (Fsp3) is 0.333. The van der Waals surface area contributed by atoms with Gasteiger partial charge in [-0.1, -0.05) is 23.4 Å². The van der Waals surface area contributed by atoms with Crippen molar-refractivity contribution in [2.75, 3.05) is 19.9 Å². The van der Waals surface area contributed by atoms with Crippen molar-refractivity contribution in [2.45, 2.75) is 25.9 Å². The summed E-state index contributed by atoms with van der Waals surface area (Å²) in [7, 11) is 0. The first-order valence-corrected chi connectivity index (χ1v) is 9.74. The zero-order valence-electron chi connectivity index (χ0n) is 16.2. The van der Waals surface area contributed by atoms with Crippen molar-refractivity contribution in [1.82, 2.24) is 19.7 Å². The molecule has 1 aromatic carbocycles. The molecule has 2 amide bonds. The van der Waals surface area contributed by atoms with E-state index >= 15 is 0 Å². The van der Waals surface area contributed by atoms with Crippen LogP contribution in [-0.4, -0.2) is 51.8 Å². The van der Waals surface area contributed by atoms with Gasteiger partial charge in [0.05, 0.1) is 5.52 Å². The molecule has 0 radical (unpaired) electrons. The van der Waals surface area contributed by atoms with Crippen LogP contribution < -0.4 is 4.74 Å². The molecule has 0 spiro atoms. The number of ether oxygens (including phenoxy) is 1. The van der Waals surface area contributed by atoms with Gasteiger partial charge in [0, 0.05) is 43.4 Å². The Morgan fingerprint density at radius 1 is 1.07 bits per heavy atom. The summed E-state index contributed by atoms with van der Waals surface area (Å²) in [6.07, 6.45) is 3.45. The molecule has 2 aliphatic heterocycles. The first kappa shape index (κ1) is 18.0. The van der Waals surface area contributed by atoms with Gasteiger partial charge in [0.2, 0.25) is 6.79 Å². The van der Waals surface area contributed by atoms with Crippen molar-refractivity contribution >= 4 is 11.5 Å². The van der Waals surface area contributed by atoms with E-state index in [-0.39, 0.29) is 18.9 Å². The van der Waals surface area contributed by atoms with E-state index in [0.717, 1.165) is 46.2 Å². The number of hydroxylamine groups is 2. The Kier molecular flexibility index (Phi) is 4.57. The van der Waals surface area contributed by atoms with E-state index in [9.17, 15) is 4.79 Å². The number of aryl methyl sites for hydroxylation is 1. The predicted molar refractivity (Wildman–Crippen MR) is 105 cm³/mol. The monoisotopic (exact) mass is 394 g/mol. The molecule has 0 aliphatic carbocycles. The number of benzene rings is 1. The van der Waals surface area contributed by atoms with Crippen molar-refractivity contribution in [2.24, 2.45) is 0 Å². The molecule has 5 rings (SSSR count). The first-order valence-electron chi connectivity index (χ1n) is 9.74. The molecule has 2 fully saturated rings. The fourth-order valence-corrected chi connectivity index (χ4v) is 3.83. The minimum atomic E-state index is -0.247. The molecule has 0 N–H and O–H groups in total. The molecule has 0 unspecified atom stereocenters. The third kappa shape index (κ3) is 3.41. The lowest BCUT2D eigenvalue weighted by Gasteiger charge is -2.36. The van der Waals surface area contributed by atoms with Crippen LogP contribution in [-0.2, 0) is 9.68 Å². The standard InChI is InChI=1S/C21H22N4O4/c1-15-20(7-4-17-8-11-22-24(15)17)16-2-5-18(6-3-16)29-19-9-12-23(13-10-19)21(26)25-27-14-28-25/h2-8,11,19H,9-10,12-14H2,1H3. The molecule has 0 atom stereocenters. The van der Waals surface area contributed by atoms with E-state index in [4.69, 9.17) is 14.4 Å². The number of carbonyl (C=O) groups is 1. The molecule has 0 bridgehead atoms. The van der Waals surface area contributed by atoms with Crippen LogP contribution in [0.3, 0.4) is 0 Å². The third-order valence-corrected chi connectivity index (χ3v) is 5.48. The number of hydrogen-bond acceptors (Lipinski definition) is 5. The molecule has 150 valence electrons. The largest absolute Gasteiger partial charge is 0.490 e. The van der Waals surface area contributed by atoms with Gasteiger partial charge >= 0.3 is 6.03 Å². The van der Waals surface area contributed by atoms with E-state index in [1.165, 1.54) is 0 Å². The molecule has 8 nitrogen and oxygen atoms in total. The summed E-state index contributed by atoms with van der Waals surface area (Å²) in [5.74, 6) is 0.839. The van der Waals surface area contributed by atoms with Crippen LogP contribution in [0.25, 0.3) is 16.6 Å². The molecule has 2 aromatic heterocycles. The Labute approximate surface area is 168 Å². The lowest BCUT2D eigenvalue weighted by Crippen LogP contribution is -2.52. The highest BCUT2D eigenvalue weighted by Gasteiger charge is 2.32. The quantitative estimate of drug-likeness (QED) is 0.681. The van der Waals surface area contributed by atoms with Crippen molar-refractivity contribution in [3.05, 3.63) is 54.4 Å². The second-order valence-electron chi connectivity index (χ2n) is 7.24. The number of carbonyl (C=O) groups excluding carboxylic acids is 1. The average Bonchev–Trinajstić information content (AvgIpc) is 3.18. The number of pyridine rings is 1. The summed E-state index contributed by atoms with van der Waals surface area (Å²) in [5.41, 5.74) is 4.47. The van der Waals surface area contributed by atoms with Crippen LogP contribution in [0.5, 0.6) is 5.75 Å². The molecular formula is C21H22N4O4. The smallest absolute Gasteiger partial charge is 0.369 e. The number of aromatic nitrogens is 2. The van der Waals surface area contributed by atoms with Crippen LogP contribution in [0.15, 0.2) is 48.7 Å². The number of likely N-dealkylation sites (tertiary alicyclic amines) is 1. The first-order chi connectivity index (χ1) is 14.2. The lowest BCUT2D eigenvalue weighted by molar-refractivity contribution is -0.486. The number of amides is 2. The fourth-order valence-electron chi connectivity index (χ4n) is 3.83. The van der Waals surface area contributed by atoms with Gasteiger partial charge in [0.1, 0.15) is 11.9 Å². The highest BCUT2D eigenvalue weighted by Crippen LogP contribution is 2.27. The SMILES string of the molecule is Cc1c(-c2ccc(OC3CCN(C(=O)N4OCO4)CC3)cc2)ccc2ccnn12. The number of rotatable bonds is 3. The second kappa shape index (κ2) is 7.38. The van der Waals surface area contributed by atoms with Crippen LogP contribution in [0, 0.1) is 6.92 Å². The number of piperidine rings is 1. The van der Waals surface area contributed by atoms with E-state index in [0.29, 0.717) is 13.1 Å². The third-order valence-electron chi connectivity index (χ3n) is 5.48. The predicted octanol–water partition coefficient (Wildman–Crippen LogP) is 3.41. The molecule has 2 saturated heterocycles. The van der Waals surface area contributed by atoms with E-state index in [1.54, 1.807) is 4.90 Å². The van der Waals surface area contributed by atoms with E-state index in [2.05, 4.69) is 36.3 Å². The molecule has 0 saturated carbocycles. The minimum Gasteiger partial charge on any atom is -0.490 e. The van der Waals surface area contributed by atoms with Crippen molar-refractivity contribution in [3.8, 4) is 16.9 Å². The van der Waals surface area contributed by atoms with Crippen LogP contribution in [0.4, 0.5) is 4.79 Å². The Balaban J connectivity index is 1.22. The maximum absolute atomic E-state index is 12.1. The van der Waals surface area contributed by atoms with Gasteiger partial charge < -0.3 is 9.64 Å². The number of hydrogen-bond donors (Lipinski definition) is 0. The van der Waals surface area contributed by atoms with E-state index in [1.807, 2.05) is 28.9 Å². The number of nitrogens with zero attached hydrogens (tertiary/aromatic N) is 4. The van der Waals surface area contributed by atoms with Gasteiger partial charge in [-0.2, -0.15) is 5.10 Å². The van der Waals surface area contributed by atoms with Crippen molar-refractivity contribution < 1.29 is 19.2 Å². The number of fused-ring (bicyclic) bond motifs is 1. The second-order valence-corrected chi connectivity index (χ2v) is 7.24. The Morgan fingerprint density at radius 2 is 1.83 bits per heavy atom. The summed E-state index contributed by atoms with van der Waals surface area (Å²) < 4.78 is 8.08. The van der Waals surface area contributed by atoms with Gasteiger partial charge in [0.25, 0.3) is 0 Å². The van der Waals surface area contributed by atoms with Gasteiger partial charge in [0.15, 0.2) is 0 Å². The highest BCUT2D eigenvalue weighted by molar-refractivity contribution is 5.72. The van der Waals surface area contributed by atoms with E-state index < -0.39 is 0 Å². The molecular weight excluding hydrogens is 372 g/mol. The molecule has 2 aliphatic rings. The summed E-state index contributed by atoms with van der Waals surface area (Å²) in [6.45, 7) is 3.45. The average molecular weight is 394 g/mol. The molecule has 4 heterocycles. The zero-order valence-corrected chi connectivity index (χ0v) is 16.2. The lowest BCUT2D eigenvalue weighted by atomic mass is 10.0. The Morgan fingerprint density at radius 3 is 2.52 bits per heavy atom. The van der Waals surface area contributed by atoms with Gasteiger partial charge in [-0.15, -0.1) is 0 Å². The van der Waals surface area contributed by atoms with Gasteiger partial charge in [-0.25, -0.2) is 19.0 Å². The maximum atomic E-state index is 12.1. The van der Waals surface area contributed by atoms with Crippen molar-refractivity contribution in [3.63, 3.8) is 0 Å². The summed E-state index contributed by atoms with van der Waals surface area (Å²) in [6, 6.07) is 14.1. The summed E-state index contributed by atoms with van der Waals surface area (Å²) in [4.78, 5) is 23.6. The van der Waals surface area contributed by atoms with Crippen LogP contribution in [0.2, 0.25) is 0 Å². The van der Waals surface area contributed by atoms with Crippen LogP contribution in [0.1, 0.15) is 18.5 Å².